The number of carbonyl (C=O) groups excluding carboxylic acids is 2. The normalized spacial score (nSPS) is 16.8. The zero-order valence-electron chi connectivity index (χ0n) is 16.4. The largest absolute Gasteiger partial charge is 0.478 e. The van der Waals surface area contributed by atoms with Gasteiger partial charge in [-0.2, -0.15) is 5.10 Å². The van der Waals surface area contributed by atoms with Crippen molar-refractivity contribution in [3.05, 3.63) is 52.3 Å². The van der Waals surface area contributed by atoms with Gasteiger partial charge in [0.05, 0.1) is 16.8 Å². The molecule has 0 bridgehead atoms. The van der Waals surface area contributed by atoms with Gasteiger partial charge < -0.3 is 10.0 Å². The van der Waals surface area contributed by atoms with E-state index in [9.17, 15) is 19.5 Å². The third-order valence-corrected chi connectivity index (χ3v) is 5.40. The molecule has 1 unspecified atom stereocenters. The topological polar surface area (TPSA) is 92.5 Å². The Balaban J connectivity index is 1.73. The number of ketones is 1. The number of rotatable bonds is 5. The smallest absolute Gasteiger partial charge is 0.335 e. The summed E-state index contributed by atoms with van der Waals surface area (Å²) in [5, 5.41) is 13.6. The van der Waals surface area contributed by atoms with Crippen molar-refractivity contribution in [2.45, 2.75) is 46.1 Å². The molecule has 0 radical (unpaired) electrons. The van der Waals surface area contributed by atoms with Gasteiger partial charge in [-0.3, -0.25) is 14.3 Å². The first-order chi connectivity index (χ1) is 13.3. The van der Waals surface area contributed by atoms with E-state index in [1.165, 1.54) is 6.92 Å². The fraction of sp³-hybridized carbons (Fsp3) is 0.429. The molecule has 1 aromatic carbocycles. The van der Waals surface area contributed by atoms with Crippen molar-refractivity contribution in [3.63, 3.8) is 0 Å². The Kier molecular flexibility index (Phi) is 5.63. The van der Waals surface area contributed by atoms with Crippen LogP contribution in [0.15, 0.2) is 24.3 Å². The molecule has 1 aromatic heterocycles. The van der Waals surface area contributed by atoms with Crippen LogP contribution in [0.3, 0.4) is 0 Å². The van der Waals surface area contributed by atoms with Crippen LogP contribution in [0.2, 0.25) is 0 Å². The van der Waals surface area contributed by atoms with E-state index in [4.69, 9.17) is 0 Å². The Hall–Kier alpha value is -2.96. The Morgan fingerprint density at radius 1 is 1.25 bits per heavy atom. The number of amides is 1. The molecule has 0 spiro atoms. The molecule has 1 N–H and O–H groups in total. The van der Waals surface area contributed by atoms with Crippen LogP contribution in [0.25, 0.3) is 0 Å². The number of Topliss-reactive ketones (excluding diaryl/α,β-unsaturated/α-hetero) is 1. The first kappa shape index (κ1) is 19.8. The third-order valence-electron chi connectivity index (χ3n) is 5.40. The summed E-state index contributed by atoms with van der Waals surface area (Å²) in [7, 11) is 0. The van der Waals surface area contributed by atoms with Crippen molar-refractivity contribution in [1.82, 2.24) is 14.7 Å². The highest BCUT2D eigenvalue weighted by atomic mass is 16.4. The quantitative estimate of drug-likeness (QED) is 0.802. The van der Waals surface area contributed by atoms with Gasteiger partial charge in [0.25, 0.3) is 0 Å². The molecule has 1 aliphatic rings. The lowest BCUT2D eigenvalue weighted by Gasteiger charge is -2.33. The first-order valence-electron chi connectivity index (χ1n) is 9.44. The molecule has 7 nitrogen and oxygen atoms in total. The third kappa shape index (κ3) is 3.98. The molecule has 0 saturated carbocycles. The molecule has 2 aromatic rings. The number of hydrogen-bond donors (Lipinski definition) is 1. The maximum Gasteiger partial charge on any atom is 0.335 e. The fourth-order valence-corrected chi connectivity index (χ4v) is 3.99. The van der Waals surface area contributed by atoms with Crippen molar-refractivity contribution in [2.75, 3.05) is 13.1 Å². The fourth-order valence-electron chi connectivity index (χ4n) is 3.99. The van der Waals surface area contributed by atoms with Crippen molar-refractivity contribution in [2.24, 2.45) is 0 Å². The SMILES string of the molecule is CC(=O)c1c(C)nn(CC(=O)N2CCCC(c3cccc(C(=O)O)c3)C2)c1C. The monoisotopic (exact) mass is 383 g/mol. The van der Waals surface area contributed by atoms with Crippen LogP contribution in [0.4, 0.5) is 0 Å². The van der Waals surface area contributed by atoms with Gasteiger partial charge in [0.15, 0.2) is 5.78 Å². The lowest BCUT2D eigenvalue weighted by Crippen LogP contribution is -2.41. The minimum absolute atomic E-state index is 0.0419. The summed E-state index contributed by atoms with van der Waals surface area (Å²) < 4.78 is 1.60. The maximum absolute atomic E-state index is 12.8. The summed E-state index contributed by atoms with van der Waals surface area (Å²) in [6, 6.07) is 6.94. The Morgan fingerprint density at radius 3 is 2.64 bits per heavy atom. The molecular weight excluding hydrogens is 358 g/mol. The van der Waals surface area contributed by atoms with E-state index < -0.39 is 5.97 Å². The van der Waals surface area contributed by atoms with Crippen LogP contribution in [0.5, 0.6) is 0 Å². The number of aryl methyl sites for hydroxylation is 1. The number of carboxylic acid groups (broad SMARTS) is 1. The van der Waals surface area contributed by atoms with E-state index in [0.717, 1.165) is 18.4 Å². The molecule has 1 saturated heterocycles. The highest BCUT2D eigenvalue weighted by molar-refractivity contribution is 5.96. The minimum atomic E-state index is -0.948. The number of likely N-dealkylation sites (tertiary alicyclic amines) is 1. The van der Waals surface area contributed by atoms with E-state index in [2.05, 4.69) is 5.10 Å². The van der Waals surface area contributed by atoms with Gasteiger partial charge in [-0.1, -0.05) is 12.1 Å². The number of nitrogens with zero attached hydrogens (tertiary/aromatic N) is 3. The highest BCUT2D eigenvalue weighted by Gasteiger charge is 2.26. The van der Waals surface area contributed by atoms with Gasteiger partial charge in [0.2, 0.25) is 5.91 Å². The molecule has 1 fully saturated rings. The van der Waals surface area contributed by atoms with Crippen molar-refractivity contribution in [3.8, 4) is 0 Å². The van der Waals surface area contributed by atoms with Gasteiger partial charge in [-0.15, -0.1) is 0 Å². The summed E-state index contributed by atoms with van der Waals surface area (Å²) in [4.78, 5) is 37.7. The van der Waals surface area contributed by atoms with Gasteiger partial charge in [0, 0.05) is 24.7 Å². The van der Waals surface area contributed by atoms with E-state index in [0.29, 0.717) is 30.0 Å². The van der Waals surface area contributed by atoms with Crippen molar-refractivity contribution in [1.29, 1.82) is 0 Å². The van der Waals surface area contributed by atoms with Crippen LogP contribution in [0, 0.1) is 13.8 Å². The maximum atomic E-state index is 12.8. The molecule has 3 rings (SSSR count). The zero-order chi connectivity index (χ0) is 20.4. The average Bonchev–Trinajstić information content (AvgIpc) is 2.95. The number of benzene rings is 1. The second-order valence-electron chi connectivity index (χ2n) is 7.37. The molecular formula is C21H25N3O4. The Labute approximate surface area is 164 Å². The number of carboxylic acids is 1. The number of aromatic nitrogens is 2. The summed E-state index contributed by atoms with van der Waals surface area (Å²) >= 11 is 0. The van der Waals surface area contributed by atoms with Gasteiger partial charge >= 0.3 is 5.97 Å². The highest BCUT2D eigenvalue weighted by Crippen LogP contribution is 2.28. The number of hydrogen-bond acceptors (Lipinski definition) is 4. The molecule has 1 atom stereocenters. The van der Waals surface area contributed by atoms with E-state index >= 15 is 0 Å². The van der Waals surface area contributed by atoms with E-state index in [1.807, 2.05) is 11.0 Å². The second-order valence-corrected chi connectivity index (χ2v) is 7.37. The molecule has 148 valence electrons. The number of aromatic carboxylic acids is 1. The standard InChI is InChI=1S/C21H25N3O4/c1-13-20(15(3)25)14(2)24(22-13)12-19(26)23-9-5-8-18(11-23)16-6-4-7-17(10-16)21(27)28/h4,6-7,10,18H,5,8-9,11-12H2,1-3H3,(H,27,28). The predicted molar refractivity (Wildman–Crippen MR) is 104 cm³/mol. The summed E-state index contributed by atoms with van der Waals surface area (Å²) in [6.45, 7) is 6.41. The number of carbonyl (C=O) groups is 3. The van der Waals surface area contributed by atoms with E-state index in [-0.39, 0.29) is 29.7 Å². The van der Waals surface area contributed by atoms with Gasteiger partial charge in [0.1, 0.15) is 6.54 Å². The van der Waals surface area contributed by atoms with Crippen LogP contribution < -0.4 is 0 Å². The average molecular weight is 383 g/mol. The Morgan fingerprint density at radius 2 is 2.00 bits per heavy atom. The van der Waals surface area contributed by atoms with Crippen LogP contribution in [0.1, 0.15) is 63.4 Å². The lowest BCUT2D eigenvalue weighted by atomic mass is 9.89. The van der Waals surface area contributed by atoms with Crippen molar-refractivity contribution >= 4 is 17.7 Å². The predicted octanol–water partition coefficient (Wildman–Crippen LogP) is 2.81. The minimum Gasteiger partial charge on any atom is -0.478 e. The van der Waals surface area contributed by atoms with Gasteiger partial charge in [-0.05, 0) is 51.3 Å². The van der Waals surface area contributed by atoms with Crippen molar-refractivity contribution < 1.29 is 19.5 Å². The second kappa shape index (κ2) is 7.96. The Bertz CT molecular complexity index is 932. The summed E-state index contributed by atoms with van der Waals surface area (Å²) in [6.07, 6.45) is 1.78. The molecule has 1 aliphatic heterocycles. The lowest BCUT2D eigenvalue weighted by molar-refractivity contribution is -0.133. The van der Waals surface area contributed by atoms with Gasteiger partial charge in [-0.25, -0.2) is 4.79 Å². The molecule has 7 heteroatoms. The molecule has 0 aliphatic carbocycles. The van der Waals surface area contributed by atoms with E-state index in [1.54, 1.807) is 36.7 Å². The first-order valence-corrected chi connectivity index (χ1v) is 9.44. The number of piperidine rings is 1. The molecule has 1 amide bonds. The molecule has 28 heavy (non-hydrogen) atoms. The zero-order valence-corrected chi connectivity index (χ0v) is 16.4. The molecule has 2 heterocycles. The van der Waals surface area contributed by atoms with Crippen LogP contribution in [-0.4, -0.2) is 50.5 Å². The van der Waals surface area contributed by atoms with Crippen LogP contribution >= 0.6 is 0 Å². The summed E-state index contributed by atoms with van der Waals surface area (Å²) in [5.41, 5.74) is 3.14. The van der Waals surface area contributed by atoms with Crippen LogP contribution in [-0.2, 0) is 11.3 Å². The summed E-state index contributed by atoms with van der Waals surface area (Å²) in [5.74, 6) is -0.925.